The Morgan fingerprint density at radius 2 is 0.946 bits per heavy atom. The van der Waals surface area contributed by atoms with Gasteiger partial charge in [-0.1, -0.05) is 115 Å². The van der Waals surface area contributed by atoms with Gasteiger partial charge < -0.3 is 18.0 Å². The number of nitriles is 1. The molecule has 6 heteroatoms. The molecule has 8 aromatic carbocycles. The molecule has 0 N–H and O–H groups in total. The number of rotatable bonds is 3. The maximum atomic E-state index is 11.2. The van der Waals surface area contributed by atoms with Crippen molar-refractivity contribution in [2.24, 2.45) is 0 Å². The second-order valence-corrected chi connectivity index (χ2v) is 14.2. The third kappa shape index (κ3) is 3.92. The summed E-state index contributed by atoms with van der Waals surface area (Å²) in [5, 5.41) is 19.3. The van der Waals surface area contributed by atoms with E-state index in [1.807, 2.05) is 78.9 Å². The van der Waals surface area contributed by atoms with E-state index in [1.54, 1.807) is 6.07 Å². The van der Waals surface area contributed by atoms with Crippen LogP contribution >= 0.6 is 0 Å². The molecule has 4 heterocycles. The van der Waals surface area contributed by atoms with E-state index in [1.165, 1.54) is 0 Å². The molecule has 0 aliphatic rings. The summed E-state index contributed by atoms with van der Waals surface area (Å²) in [5.74, 6) is 0. The molecule has 4 aromatic heterocycles. The number of hydrogen-bond acceptors (Lipinski definition) is 3. The summed E-state index contributed by atoms with van der Waals surface area (Å²) in [4.78, 5) is 4.20. The molecule has 0 aliphatic heterocycles. The van der Waals surface area contributed by atoms with E-state index in [2.05, 4.69) is 92.8 Å². The molecule has 12 rings (SSSR count). The lowest BCUT2D eigenvalue weighted by atomic mass is 9.95. The average molecular weight is 715 g/mol. The van der Waals surface area contributed by atoms with Gasteiger partial charge in [0, 0.05) is 48.7 Å². The zero-order chi connectivity index (χ0) is 37.1. The fourth-order valence-corrected chi connectivity index (χ4v) is 9.08. The number of aromatic nitrogens is 2. The van der Waals surface area contributed by atoms with Crippen LogP contribution < -0.4 is 0 Å². The lowest BCUT2D eigenvalue weighted by Crippen LogP contribution is -2.07. The minimum Gasteiger partial charge on any atom is -0.454 e. The first-order valence-corrected chi connectivity index (χ1v) is 18.4. The van der Waals surface area contributed by atoms with Gasteiger partial charge in [-0.3, -0.25) is 0 Å². The van der Waals surface area contributed by atoms with Crippen LogP contribution in [0.1, 0.15) is 5.56 Å². The van der Waals surface area contributed by atoms with Crippen molar-refractivity contribution >= 4 is 93.2 Å². The van der Waals surface area contributed by atoms with Crippen LogP contribution in [0.5, 0.6) is 0 Å². The van der Waals surface area contributed by atoms with Gasteiger partial charge in [0.15, 0.2) is 11.2 Å². The molecule has 0 fully saturated rings. The van der Waals surface area contributed by atoms with Crippen LogP contribution in [0.25, 0.3) is 115 Å². The molecular formula is C50H26N4O2. The van der Waals surface area contributed by atoms with E-state index in [9.17, 15) is 5.26 Å². The second kappa shape index (κ2) is 11.2. The summed E-state index contributed by atoms with van der Waals surface area (Å²) in [6.45, 7) is 8.72. The molecule has 0 saturated heterocycles. The topological polar surface area (TPSA) is 64.3 Å². The van der Waals surface area contributed by atoms with Gasteiger partial charge in [-0.25, -0.2) is 4.85 Å². The third-order valence-corrected chi connectivity index (χ3v) is 11.4. The smallest absolute Gasteiger partial charge is 0.212 e. The van der Waals surface area contributed by atoms with E-state index in [4.69, 9.17) is 15.4 Å². The highest BCUT2D eigenvalue weighted by molar-refractivity contribution is 6.24. The van der Waals surface area contributed by atoms with E-state index < -0.39 is 0 Å². The van der Waals surface area contributed by atoms with Gasteiger partial charge in [0.25, 0.3) is 0 Å². The van der Waals surface area contributed by atoms with Crippen molar-refractivity contribution in [1.82, 2.24) is 9.13 Å². The highest BCUT2D eigenvalue weighted by Gasteiger charge is 2.29. The van der Waals surface area contributed by atoms with Crippen LogP contribution in [-0.2, 0) is 0 Å². The van der Waals surface area contributed by atoms with Gasteiger partial charge in [0.2, 0.25) is 5.69 Å². The molecule has 0 radical (unpaired) electrons. The Bertz CT molecular complexity index is 3510. The summed E-state index contributed by atoms with van der Waals surface area (Å²) in [7, 11) is 0. The van der Waals surface area contributed by atoms with Crippen molar-refractivity contribution in [2.45, 2.75) is 0 Å². The first-order chi connectivity index (χ1) is 27.7. The Labute approximate surface area is 318 Å². The molecule has 12 aromatic rings. The molecule has 0 bridgehead atoms. The third-order valence-electron chi connectivity index (χ3n) is 11.4. The Morgan fingerprint density at radius 1 is 0.482 bits per heavy atom. The molecule has 258 valence electrons. The van der Waals surface area contributed by atoms with Gasteiger partial charge in [-0.15, -0.1) is 0 Å². The van der Waals surface area contributed by atoms with Crippen LogP contribution in [-0.4, -0.2) is 9.13 Å². The number of fused-ring (bicyclic) bond motifs is 14. The van der Waals surface area contributed by atoms with Gasteiger partial charge in [-0.2, -0.15) is 5.26 Å². The SMILES string of the molecule is [C-]#[N+]c1cc(C#N)c(-n2c3ccccc3c3ccc4c5ccccc5oc4c32)c(-c2ccccc2)c1-n1c2ccccc2c2ccc3c4ccccc4oc3c21. The van der Waals surface area contributed by atoms with Crippen LogP contribution in [0.3, 0.4) is 0 Å². The molecular weight excluding hydrogens is 689 g/mol. The lowest BCUT2D eigenvalue weighted by Gasteiger charge is -2.23. The predicted molar refractivity (Wildman–Crippen MR) is 226 cm³/mol. The van der Waals surface area contributed by atoms with Gasteiger partial charge >= 0.3 is 0 Å². The number of nitrogens with zero attached hydrogens (tertiary/aromatic N) is 4. The van der Waals surface area contributed by atoms with E-state index >= 15 is 0 Å². The van der Waals surface area contributed by atoms with E-state index in [-0.39, 0.29) is 0 Å². The first kappa shape index (κ1) is 30.4. The van der Waals surface area contributed by atoms with Crippen molar-refractivity contribution < 1.29 is 8.83 Å². The Kier molecular flexibility index (Phi) is 6.10. The summed E-state index contributed by atoms with van der Waals surface area (Å²) < 4.78 is 17.9. The fraction of sp³-hybridized carbons (Fsp3) is 0. The lowest BCUT2D eigenvalue weighted by molar-refractivity contribution is 0.671. The molecule has 0 amide bonds. The minimum atomic E-state index is 0.356. The molecule has 6 nitrogen and oxygen atoms in total. The zero-order valence-electron chi connectivity index (χ0n) is 29.6. The molecule has 0 spiro atoms. The molecule has 0 saturated carbocycles. The quantitative estimate of drug-likeness (QED) is 0.171. The monoisotopic (exact) mass is 714 g/mol. The van der Waals surface area contributed by atoms with Gasteiger partial charge in [-0.05, 0) is 48.0 Å². The van der Waals surface area contributed by atoms with Crippen molar-refractivity contribution in [3.63, 3.8) is 0 Å². The normalized spacial score (nSPS) is 11.9. The van der Waals surface area contributed by atoms with Crippen LogP contribution in [0.4, 0.5) is 5.69 Å². The molecule has 56 heavy (non-hydrogen) atoms. The van der Waals surface area contributed by atoms with Crippen molar-refractivity contribution in [2.75, 3.05) is 0 Å². The Balaban J connectivity index is 1.35. The van der Waals surface area contributed by atoms with Gasteiger partial charge in [0.05, 0.1) is 45.6 Å². The Hall–Kier alpha value is -8.06. The minimum absolute atomic E-state index is 0.356. The van der Waals surface area contributed by atoms with Crippen molar-refractivity contribution in [1.29, 1.82) is 5.26 Å². The second-order valence-electron chi connectivity index (χ2n) is 14.2. The molecule has 0 aliphatic carbocycles. The predicted octanol–water partition coefficient (Wildman–Crippen LogP) is 13.8. The highest BCUT2D eigenvalue weighted by Crippen LogP contribution is 2.50. The van der Waals surface area contributed by atoms with Gasteiger partial charge in [0.1, 0.15) is 17.2 Å². The summed E-state index contributed by atoms with van der Waals surface area (Å²) >= 11 is 0. The molecule has 0 unspecified atom stereocenters. The van der Waals surface area contributed by atoms with Crippen LogP contribution in [0.2, 0.25) is 0 Å². The molecule has 0 atom stereocenters. The zero-order valence-corrected chi connectivity index (χ0v) is 29.6. The van der Waals surface area contributed by atoms with Crippen molar-refractivity contribution in [3.8, 4) is 28.6 Å². The number of furan rings is 2. The standard InChI is InChI=1S/C50H26N4O2/c1-52-39-27-30(28-51)45(53-40-19-9-5-15-31(40)35-23-25-37-33-17-7-11-21-42(33)55-49(37)46(35)53)44(29-13-3-2-4-14-29)48(39)54-41-20-10-6-16-32(41)36-24-26-38-34-18-8-12-22-43(34)56-50(38)47(36)54/h2-27H. The summed E-state index contributed by atoms with van der Waals surface area (Å²) in [6.07, 6.45) is 0. The largest absolute Gasteiger partial charge is 0.454 e. The van der Waals surface area contributed by atoms with Crippen LogP contribution in [0, 0.1) is 17.9 Å². The maximum absolute atomic E-state index is 11.2. The average Bonchev–Trinajstić information content (AvgIpc) is 4.01. The van der Waals surface area contributed by atoms with Crippen molar-refractivity contribution in [3.05, 3.63) is 175 Å². The van der Waals surface area contributed by atoms with E-state index in [0.717, 1.165) is 98.6 Å². The number of para-hydroxylation sites is 4. The first-order valence-electron chi connectivity index (χ1n) is 18.4. The maximum Gasteiger partial charge on any atom is 0.212 e. The highest BCUT2D eigenvalue weighted by atomic mass is 16.3. The fourth-order valence-electron chi connectivity index (χ4n) is 9.08. The van der Waals surface area contributed by atoms with E-state index in [0.29, 0.717) is 22.6 Å². The number of hydrogen-bond donors (Lipinski definition) is 0. The Morgan fingerprint density at radius 3 is 1.48 bits per heavy atom. The summed E-state index contributed by atoms with van der Waals surface area (Å²) in [5.41, 5.74) is 10.3. The van der Waals surface area contributed by atoms with Crippen LogP contribution in [0.15, 0.2) is 167 Å². The summed E-state index contributed by atoms with van der Waals surface area (Å²) in [6, 6.07) is 55.8. The number of benzene rings is 8.